The minimum atomic E-state index is -1.26. The van der Waals surface area contributed by atoms with Crippen LogP contribution in [0.15, 0.2) is 84.6 Å². The molecule has 30 heavy (non-hydrogen) atoms. The zero-order valence-corrected chi connectivity index (χ0v) is 16.2. The zero-order valence-electron chi connectivity index (χ0n) is 16.2. The van der Waals surface area contributed by atoms with Gasteiger partial charge in [0.25, 0.3) is 5.91 Å². The Balaban J connectivity index is 1.92. The van der Waals surface area contributed by atoms with Gasteiger partial charge in [0.1, 0.15) is 11.4 Å². The fourth-order valence-corrected chi connectivity index (χ4v) is 2.85. The molecule has 150 valence electrons. The van der Waals surface area contributed by atoms with Crippen LogP contribution in [-0.2, 0) is 9.59 Å². The topological polar surface area (TPSA) is 92.7 Å². The number of aliphatic carboxylic acids is 1. The molecule has 0 unspecified atom stereocenters. The summed E-state index contributed by atoms with van der Waals surface area (Å²) < 4.78 is 5.26. The molecule has 3 aromatic rings. The Bertz CT molecular complexity index is 1120. The first-order chi connectivity index (χ1) is 14.4. The number of benzene rings is 3. The van der Waals surface area contributed by atoms with Crippen molar-refractivity contribution in [3.8, 4) is 16.9 Å². The first-order valence-electron chi connectivity index (χ1n) is 9.13. The van der Waals surface area contributed by atoms with Crippen molar-refractivity contribution >= 4 is 23.9 Å². The number of hydrogen-bond donors (Lipinski definition) is 2. The van der Waals surface area contributed by atoms with Gasteiger partial charge >= 0.3 is 11.9 Å². The monoisotopic (exact) mass is 401 g/mol. The SMILES string of the molecule is CC(=O)Oc1ccccc1-c1cccc(/C=C(\NC(=O)c2ccccc2)C(=O)O)c1. The van der Waals surface area contributed by atoms with Gasteiger partial charge in [-0.05, 0) is 41.5 Å². The van der Waals surface area contributed by atoms with Gasteiger partial charge in [-0.25, -0.2) is 4.79 Å². The molecule has 3 rings (SSSR count). The summed E-state index contributed by atoms with van der Waals surface area (Å²) in [5.74, 6) is -1.80. The van der Waals surface area contributed by atoms with Crippen LogP contribution >= 0.6 is 0 Å². The summed E-state index contributed by atoms with van der Waals surface area (Å²) in [4.78, 5) is 35.3. The van der Waals surface area contributed by atoms with Crippen LogP contribution in [0.5, 0.6) is 5.75 Å². The quantitative estimate of drug-likeness (QED) is 0.368. The van der Waals surface area contributed by atoms with E-state index in [1.54, 1.807) is 66.7 Å². The summed E-state index contributed by atoms with van der Waals surface area (Å²) in [7, 11) is 0. The number of esters is 1. The predicted octanol–water partition coefficient (Wildman–Crippen LogP) is 4.13. The Labute approximate surface area is 173 Å². The van der Waals surface area contributed by atoms with E-state index >= 15 is 0 Å². The summed E-state index contributed by atoms with van der Waals surface area (Å²) in [6.45, 7) is 1.32. The highest BCUT2D eigenvalue weighted by Crippen LogP contribution is 2.30. The first kappa shape index (κ1) is 20.5. The van der Waals surface area contributed by atoms with Crippen LogP contribution in [0.3, 0.4) is 0 Å². The number of carboxylic acids is 1. The van der Waals surface area contributed by atoms with Gasteiger partial charge in [0.05, 0.1) is 0 Å². The maximum atomic E-state index is 12.3. The summed E-state index contributed by atoms with van der Waals surface area (Å²) in [6, 6.07) is 22.5. The van der Waals surface area contributed by atoms with E-state index in [1.165, 1.54) is 13.0 Å². The zero-order chi connectivity index (χ0) is 21.5. The van der Waals surface area contributed by atoms with Gasteiger partial charge in [0.15, 0.2) is 0 Å². The Morgan fingerprint density at radius 3 is 2.30 bits per heavy atom. The van der Waals surface area contributed by atoms with Crippen molar-refractivity contribution in [2.45, 2.75) is 6.92 Å². The highest BCUT2D eigenvalue weighted by molar-refractivity contribution is 6.02. The normalized spacial score (nSPS) is 10.9. The van der Waals surface area contributed by atoms with Crippen LogP contribution in [0.1, 0.15) is 22.8 Å². The number of para-hydroxylation sites is 1. The van der Waals surface area contributed by atoms with E-state index < -0.39 is 17.8 Å². The Morgan fingerprint density at radius 1 is 0.900 bits per heavy atom. The fraction of sp³-hybridized carbons (Fsp3) is 0.0417. The molecule has 0 spiro atoms. The summed E-state index contributed by atoms with van der Waals surface area (Å²) in [6.07, 6.45) is 1.38. The molecule has 1 amide bonds. The van der Waals surface area contributed by atoms with Gasteiger partial charge < -0.3 is 15.2 Å². The van der Waals surface area contributed by atoms with Crippen molar-refractivity contribution in [3.05, 3.63) is 95.7 Å². The Kier molecular flexibility index (Phi) is 6.39. The minimum Gasteiger partial charge on any atom is -0.477 e. The molecule has 0 heterocycles. The van der Waals surface area contributed by atoms with Crippen LogP contribution in [0.2, 0.25) is 0 Å². The van der Waals surface area contributed by atoms with E-state index in [0.717, 1.165) is 5.56 Å². The summed E-state index contributed by atoms with van der Waals surface area (Å²) in [5, 5.41) is 12.0. The van der Waals surface area contributed by atoms with Gasteiger partial charge in [-0.3, -0.25) is 9.59 Å². The van der Waals surface area contributed by atoms with E-state index in [0.29, 0.717) is 22.4 Å². The molecule has 2 N–H and O–H groups in total. The Hall–Kier alpha value is -4.19. The standard InChI is InChI=1S/C24H19NO5/c1-16(26)30-22-13-6-5-12-20(22)19-11-7-8-17(14-19)15-21(24(28)29)25-23(27)18-9-3-2-4-10-18/h2-15H,1H3,(H,25,27)(H,28,29)/b21-15-. The molecule has 0 aliphatic carbocycles. The molecule has 0 aliphatic rings. The summed E-state index contributed by atoms with van der Waals surface area (Å²) in [5.41, 5.74) is 2.09. The molecule has 3 aromatic carbocycles. The second kappa shape index (κ2) is 9.34. The molecule has 0 fully saturated rings. The number of carboxylic acid groups (broad SMARTS) is 1. The summed E-state index contributed by atoms with van der Waals surface area (Å²) >= 11 is 0. The fourth-order valence-electron chi connectivity index (χ4n) is 2.85. The number of carbonyl (C=O) groups is 3. The molecule has 6 nitrogen and oxygen atoms in total. The number of nitrogens with one attached hydrogen (secondary N) is 1. The second-order valence-corrected chi connectivity index (χ2v) is 6.40. The molecule has 0 aromatic heterocycles. The Morgan fingerprint density at radius 2 is 1.60 bits per heavy atom. The third kappa shape index (κ3) is 5.20. The number of amides is 1. The maximum Gasteiger partial charge on any atom is 0.352 e. The average Bonchev–Trinajstić information content (AvgIpc) is 2.74. The highest BCUT2D eigenvalue weighted by atomic mass is 16.5. The van der Waals surface area contributed by atoms with Crippen molar-refractivity contribution in [2.75, 3.05) is 0 Å². The van der Waals surface area contributed by atoms with Crippen LogP contribution in [0.25, 0.3) is 17.2 Å². The molecule has 0 radical (unpaired) electrons. The third-order valence-corrected chi connectivity index (χ3v) is 4.16. The van der Waals surface area contributed by atoms with Gasteiger partial charge in [0.2, 0.25) is 0 Å². The minimum absolute atomic E-state index is 0.255. The lowest BCUT2D eigenvalue weighted by atomic mass is 10.0. The highest BCUT2D eigenvalue weighted by Gasteiger charge is 2.14. The van der Waals surface area contributed by atoms with E-state index in [2.05, 4.69) is 5.32 Å². The molecule has 0 bridgehead atoms. The number of hydrogen-bond acceptors (Lipinski definition) is 4. The van der Waals surface area contributed by atoms with E-state index in [1.807, 2.05) is 12.1 Å². The second-order valence-electron chi connectivity index (χ2n) is 6.40. The van der Waals surface area contributed by atoms with E-state index in [4.69, 9.17) is 4.74 Å². The van der Waals surface area contributed by atoms with Gasteiger partial charge in [-0.2, -0.15) is 0 Å². The smallest absolute Gasteiger partial charge is 0.352 e. The largest absolute Gasteiger partial charge is 0.477 e. The van der Waals surface area contributed by atoms with Crippen molar-refractivity contribution in [2.24, 2.45) is 0 Å². The number of carbonyl (C=O) groups excluding carboxylic acids is 2. The van der Waals surface area contributed by atoms with Crippen molar-refractivity contribution in [1.29, 1.82) is 0 Å². The van der Waals surface area contributed by atoms with E-state index in [-0.39, 0.29) is 5.70 Å². The van der Waals surface area contributed by atoms with Gasteiger partial charge in [-0.15, -0.1) is 0 Å². The number of ether oxygens (including phenoxy) is 1. The molecule has 6 heteroatoms. The lowest BCUT2D eigenvalue weighted by molar-refractivity contribution is -0.133. The van der Waals surface area contributed by atoms with Crippen LogP contribution < -0.4 is 10.1 Å². The third-order valence-electron chi connectivity index (χ3n) is 4.16. The van der Waals surface area contributed by atoms with Gasteiger partial charge in [-0.1, -0.05) is 54.6 Å². The molecular weight excluding hydrogens is 382 g/mol. The molecular formula is C24H19NO5. The maximum absolute atomic E-state index is 12.3. The van der Waals surface area contributed by atoms with Crippen LogP contribution in [0.4, 0.5) is 0 Å². The molecule has 0 aliphatic heterocycles. The lowest BCUT2D eigenvalue weighted by Gasteiger charge is -2.10. The average molecular weight is 401 g/mol. The van der Waals surface area contributed by atoms with Crippen molar-refractivity contribution in [1.82, 2.24) is 5.32 Å². The van der Waals surface area contributed by atoms with Crippen LogP contribution in [0, 0.1) is 0 Å². The predicted molar refractivity (Wildman–Crippen MR) is 113 cm³/mol. The number of rotatable bonds is 6. The molecule has 0 atom stereocenters. The van der Waals surface area contributed by atoms with Gasteiger partial charge in [0, 0.05) is 18.1 Å². The van der Waals surface area contributed by atoms with Crippen LogP contribution in [-0.4, -0.2) is 23.0 Å². The lowest BCUT2D eigenvalue weighted by Crippen LogP contribution is -2.27. The first-order valence-corrected chi connectivity index (χ1v) is 9.13. The van der Waals surface area contributed by atoms with Crippen molar-refractivity contribution in [3.63, 3.8) is 0 Å². The van der Waals surface area contributed by atoms with E-state index in [9.17, 15) is 19.5 Å². The van der Waals surface area contributed by atoms with Crippen molar-refractivity contribution < 1.29 is 24.2 Å². The molecule has 0 saturated carbocycles. The molecule has 0 saturated heterocycles.